The standard InChI is InChI=1S/C22H23FN4O3/c1-28-19-10-16(11-20(29-2)21(19)30-3)18-12-24-26-22(25-18)27-9-8-15(13-27)14-4-6-17(23)7-5-14/h4-7,10-12,15H,8-9,13H2,1-3H3. The van der Waals surface area contributed by atoms with Crippen molar-refractivity contribution in [1.82, 2.24) is 15.2 Å². The van der Waals surface area contributed by atoms with Gasteiger partial charge in [-0.25, -0.2) is 9.37 Å². The Morgan fingerprint density at radius 3 is 2.33 bits per heavy atom. The lowest BCUT2D eigenvalue weighted by molar-refractivity contribution is 0.324. The van der Waals surface area contributed by atoms with Crippen molar-refractivity contribution in [2.75, 3.05) is 39.3 Å². The zero-order chi connectivity index (χ0) is 21.1. The van der Waals surface area contributed by atoms with Gasteiger partial charge in [-0.2, -0.15) is 5.10 Å². The van der Waals surface area contributed by atoms with E-state index >= 15 is 0 Å². The zero-order valence-corrected chi connectivity index (χ0v) is 17.1. The Bertz CT molecular complexity index is 1000. The molecule has 2 heterocycles. The molecule has 8 heteroatoms. The largest absolute Gasteiger partial charge is 0.493 e. The molecule has 30 heavy (non-hydrogen) atoms. The summed E-state index contributed by atoms with van der Waals surface area (Å²) in [5.74, 6) is 2.26. The number of nitrogens with zero attached hydrogens (tertiary/aromatic N) is 4. The van der Waals surface area contributed by atoms with Crippen LogP contribution in [0.4, 0.5) is 10.3 Å². The Morgan fingerprint density at radius 2 is 1.70 bits per heavy atom. The molecule has 1 aromatic heterocycles. The molecule has 156 valence electrons. The maximum atomic E-state index is 13.2. The molecule has 0 amide bonds. The molecule has 2 aromatic carbocycles. The van der Waals surface area contributed by atoms with Crippen LogP contribution < -0.4 is 19.1 Å². The number of hydrogen-bond acceptors (Lipinski definition) is 7. The number of halogens is 1. The highest BCUT2D eigenvalue weighted by Crippen LogP contribution is 2.41. The first-order valence-corrected chi connectivity index (χ1v) is 9.63. The molecule has 4 rings (SSSR count). The van der Waals surface area contributed by atoms with E-state index in [9.17, 15) is 4.39 Å². The van der Waals surface area contributed by atoms with Crippen LogP contribution in [0.1, 0.15) is 17.9 Å². The molecule has 0 radical (unpaired) electrons. The maximum absolute atomic E-state index is 13.2. The van der Waals surface area contributed by atoms with E-state index in [0.717, 1.165) is 30.6 Å². The predicted molar refractivity (Wildman–Crippen MR) is 111 cm³/mol. The summed E-state index contributed by atoms with van der Waals surface area (Å²) < 4.78 is 29.5. The smallest absolute Gasteiger partial charge is 0.245 e. The maximum Gasteiger partial charge on any atom is 0.245 e. The molecule has 0 bridgehead atoms. The summed E-state index contributed by atoms with van der Waals surface area (Å²) in [6, 6.07) is 10.4. The molecule has 1 fully saturated rings. The first-order valence-electron chi connectivity index (χ1n) is 9.63. The van der Waals surface area contributed by atoms with E-state index in [1.54, 1.807) is 27.5 Å². The average Bonchev–Trinajstić information content (AvgIpc) is 3.29. The van der Waals surface area contributed by atoms with E-state index < -0.39 is 0 Å². The minimum Gasteiger partial charge on any atom is -0.493 e. The molecule has 1 aliphatic rings. The van der Waals surface area contributed by atoms with E-state index in [1.807, 2.05) is 24.3 Å². The third kappa shape index (κ3) is 3.85. The van der Waals surface area contributed by atoms with Crippen LogP contribution in [0.3, 0.4) is 0 Å². The van der Waals surface area contributed by atoms with Gasteiger partial charge in [-0.3, -0.25) is 0 Å². The number of rotatable bonds is 6. The Kier molecular flexibility index (Phi) is 5.65. The summed E-state index contributed by atoms with van der Waals surface area (Å²) in [6.07, 6.45) is 2.56. The molecular formula is C22H23FN4O3. The van der Waals surface area contributed by atoms with Crippen LogP contribution >= 0.6 is 0 Å². The van der Waals surface area contributed by atoms with Crippen LogP contribution in [0.2, 0.25) is 0 Å². The second-order valence-corrected chi connectivity index (χ2v) is 7.04. The van der Waals surface area contributed by atoms with E-state index in [2.05, 4.69) is 15.1 Å². The second kappa shape index (κ2) is 8.52. The van der Waals surface area contributed by atoms with Crippen LogP contribution in [-0.4, -0.2) is 49.6 Å². The van der Waals surface area contributed by atoms with Gasteiger partial charge in [0.2, 0.25) is 11.7 Å². The lowest BCUT2D eigenvalue weighted by Crippen LogP contribution is -2.22. The minimum absolute atomic E-state index is 0.223. The number of anilines is 1. The molecule has 0 spiro atoms. The highest BCUT2D eigenvalue weighted by molar-refractivity contribution is 5.68. The Morgan fingerprint density at radius 1 is 1.00 bits per heavy atom. The van der Waals surface area contributed by atoms with E-state index in [1.165, 1.54) is 12.1 Å². The molecule has 3 aromatic rings. The van der Waals surface area contributed by atoms with Gasteiger partial charge in [0.05, 0.1) is 33.2 Å². The van der Waals surface area contributed by atoms with Crippen LogP contribution in [0.15, 0.2) is 42.6 Å². The second-order valence-electron chi connectivity index (χ2n) is 7.04. The van der Waals surface area contributed by atoms with Gasteiger partial charge in [-0.05, 0) is 36.2 Å². The minimum atomic E-state index is -0.223. The molecule has 0 aliphatic carbocycles. The molecule has 1 atom stereocenters. The van der Waals surface area contributed by atoms with Gasteiger partial charge in [0, 0.05) is 24.6 Å². The first kappa shape index (κ1) is 19.9. The van der Waals surface area contributed by atoms with Crippen molar-refractivity contribution in [2.45, 2.75) is 12.3 Å². The Hall–Kier alpha value is -3.42. The predicted octanol–water partition coefficient (Wildman–Crippen LogP) is 3.70. The van der Waals surface area contributed by atoms with E-state index in [-0.39, 0.29) is 5.82 Å². The number of aromatic nitrogens is 3. The summed E-state index contributed by atoms with van der Waals surface area (Å²) in [6.45, 7) is 1.56. The highest BCUT2D eigenvalue weighted by atomic mass is 19.1. The third-order valence-corrected chi connectivity index (χ3v) is 5.32. The number of methoxy groups -OCH3 is 3. The van der Waals surface area contributed by atoms with Gasteiger partial charge in [-0.15, -0.1) is 5.10 Å². The van der Waals surface area contributed by atoms with Crippen LogP contribution in [0.5, 0.6) is 17.2 Å². The van der Waals surface area contributed by atoms with E-state index in [4.69, 9.17) is 19.2 Å². The van der Waals surface area contributed by atoms with Crippen molar-refractivity contribution in [3.05, 3.63) is 54.0 Å². The van der Waals surface area contributed by atoms with Crippen molar-refractivity contribution in [3.8, 4) is 28.5 Å². The monoisotopic (exact) mass is 410 g/mol. The van der Waals surface area contributed by atoms with Crippen molar-refractivity contribution in [3.63, 3.8) is 0 Å². The van der Waals surface area contributed by atoms with Gasteiger partial charge >= 0.3 is 0 Å². The summed E-state index contributed by atoms with van der Waals surface area (Å²) in [5.41, 5.74) is 2.56. The molecule has 1 saturated heterocycles. The SMILES string of the molecule is COc1cc(-c2cnnc(N3CCC(c4ccc(F)cc4)C3)n2)cc(OC)c1OC. The third-order valence-electron chi connectivity index (χ3n) is 5.32. The van der Waals surface area contributed by atoms with Gasteiger partial charge < -0.3 is 19.1 Å². The number of ether oxygens (including phenoxy) is 3. The molecular weight excluding hydrogens is 387 g/mol. The number of benzene rings is 2. The fourth-order valence-electron chi connectivity index (χ4n) is 3.75. The van der Waals surface area contributed by atoms with Crippen LogP contribution in [-0.2, 0) is 0 Å². The fraction of sp³-hybridized carbons (Fsp3) is 0.318. The summed E-state index contributed by atoms with van der Waals surface area (Å²) in [7, 11) is 4.71. The Balaban J connectivity index is 1.60. The molecule has 1 unspecified atom stereocenters. The lowest BCUT2D eigenvalue weighted by atomic mass is 9.99. The van der Waals surface area contributed by atoms with Gasteiger partial charge in [0.1, 0.15) is 5.82 Å². The summed E-state index contributed by atoms with van der Waals surface area (Å²) >= 11 is 0. The molecule has 0 saturated carbocycles. The van der Waals surface area contributed by atoms with Crippen molar-refractivity contribution >= 4 is 5.95 Å². The molecule has 7 nitrogen and oxygen atoms in total. The highest BCUT2D eigenvalue weighted by Gasteiger charge is 2.26. The topological polar surface area (TPSA) is 69.6 Å². The molecule has 0 N–H and O–H groups in total. The van der Waals surface area contributed by atoms with E-state index in [0.29, 0.717) is 34.8 Å². The normalized spacial score (nSPS) is 15.9. The van der Waals surface area contributed by atoms with Gasteiger partial charge in [0.25, 0.3) is 0 Å². The Labute approximate surface area is 174 Å². The number of hydrogen-bond donors (Lipinski definition) is 0. The summed E-state index contributed by atoms with van der Waals surface area (Å²) in [4.78, 5) is 6.81. The lowest BCUT2D eigenvalue weighted by Gasteiger charge is -2.17. The summed E-state index contributed by atoms with van der Waals surface area (Å²) in [5, 5.41) is 8.38. The van der Waals surface area contributed by atoms with Crippen molar-refractivity contribution in [1.29, 1.82) is 0 Å². The van der Waals surface area contributed by atoms with Gasteiger partial charge in [-0.1, -0.05) is 12.1 Å². The fourth-order valence-corrected chi connectivity index (χ4v) is 3.75. The van der Waals surface area contributed by atoms with Crippen LogP contribution in [0, 0.1) is 5.82 Å². The zero-order valence-electron chi connectivity index (χ0n) is 17.1. The average molecular weight is 410 g/mol. The molecule has 1 aliphatic heterocycles. The van der Waals surface area contributed by atoms with Crippen molar-refractivity contribution < 1.29 is 18.6 Å². The van der Waals surface area contributed by atoms with Gasteiger partial charge in [0.15, 0.2) is 11.5 Å². The van der Waals surface area contributed by atoms with Crippen LogP contribution in [0.25, 0.3) is 11.3 Å². The first-order chi connectivity index (χ1) is 14.6. The quantitative estimate of drug-likeness (QED) is 0.614. The van der Waals surface area contributed by atoms with Crippen molar-refractivity contribution in [2.24, 2.45) is 0 Å².